The molecule has 3 heteroatoms. The molecule has 0 unspecified atom stereocenters. The van der Waals surface area contributed by atoms with Crippen molar-refractivity contribution in [2.75, 3.05) is 7.05 Å². The van der Waals surface area contributed by atoms with Gasteiger partial charge in [0.25, 0.3) is 0 Å². The summed E-state index contributed by atoms with van der Waals surface area (Å²) in [6, 6.07) is 4.53. The van der Waals surface area contributed by atoms with Gasteiger partial charge < -0.3 is 5.21 Å². The summed E-state index contributed by atoms with van der Waals surface area (Å²) in [5.41, 5.74) is 1.79. The van der Waals surface area contributed by atoms with Gasteiger partial charge in [-0.05, 0) is 30.2 Å². The molecule has 0 aromatic heterocycles. The largest absolute Gasteiger partial charge is 0.314 e. The lowest BCUT2D eigenvalue weighted by Gasteiger charge is -2.10. The zero-order chi connectivity index (χ0) is 9.14. The van der Waals surface area contributed by atoms with Crippen molar-refractivity contribution in [3.63, 3.8) is 0 Å². The predicted molar refractivity (Wildman–Crippen MR) is 44.4 cm³/mol. The molecular formula is C9H12FNO. The molecule has 66 valence electrons. The summed E-state index contributed by atoms with van der Waals surface area (Å²) in [5, 5.41) is 10.0. The van der Waals surface area contributed by atoms with Gasteiger partial charge in [-0.15, -0.1) is 0 Å². The molecule has 1 aromatic carbocycles. The van der Waals surface area contributed by atoms with Crippen molar-refractivity contribution < 1.29 is 9.60 Å². The minimum absolute atomic E-state index is 0.239. The first-order chi connectivity index (χ1) is 5.59. The van der Waals surface area contributed by atoms with Crippen molar-refractivity contribution in [2.45, 2.75) is 13.5 Å². The van der Waals surface area contributed by atoms with E-state index < -0.39 is 0 Å². The molecule has 0 saturated heterocycles. The monoisotopic (exact) mass is 169 g/mol. The second kappa shape index (κ2) is 3.65. The summed E-state index contributed by atoms with van der Waals surface area (Å²) in [5.74, 6) is -0.239. The fourth-order valence-corrected chi connectivity index (χ4v) is 1.08. The minimum atomic E-state index is -0.239. The van der Waals surface area contributed by atoms with Crippen LogP contribution in [-0.4, -0.2) is 17.3 Å². The fraction of sp³-hybridized carbons (Fsp3) is 0.333. The highest BCUT2D eigenvalue weighted by Crippen LogP contribution is 2.10. The van der Waals surface area contributed by atoms with Crippen molar-refractivity contribution in [1.29, 1.82) is 0 Å². The van der Waals surface area contributed by atoms with E-state index in [-0.39, 0.29) is 5.82 Å². The Balaban J connectivity index is 2.86. The van der Waals surface area contributed by atoms with Gasteiger partial charge in [-0.2, -0.15) is 5.06 Å². The van der Waals surface area contributed by atoms with Crippen LogP contribution in [0.25, 0.3) is 0 Å². The number of rotatable bonds is 2. The first-order valence-corrected chi connectivity index (χ1v) is 3.74. The Morgan fingerprint density at radius 3 is 2.67 bits per heavy atom. The molecule has 0 fully saturated rings. The third-order valence-electron chi connectivity index (χ3n) is 1.70. The standard InChI is InChI=1S/C9H12FNO/c1-7-5-9(10)4-3-8(7)6-11(2)12/h3-5,12H,6H2,1-2H3. The Hall–Kier alpha value is -0.930. The summed E-state index contributed by atoms with van der Waals surface area (Å²) in [7, 11) is 1.56. The van der Waals surface area contributed by atoms with Crippen LogP contribution in [0.1, 0.15) is 11.1 Å². The molecule has 0 aliphatic carbocycles. The molecular weight excluding hydrogens is 157 g/mol. The highest BCUT2D eigenvalue weighted by Gasteiger charge is 2.01. The van der Waals surface area contributed by atoms with Crippen molar-refractivity contribution in [3.05, 3.63) is 35.1 Å². The molecule has 0 radical (unpaired) electrons. The molecule has 1 N–H and O–H groups in total. The average molecular weight is 169 g/mol. The zero-order valence-electron chi connectivity index (χ0n) is 7.21. The van der Waals surface area contributed by atoms with Crippen molar-refractivity contribution in [1.82, 2.24) is 5.06 Å². The Morgan fingerprint density at radius 2 is 2.17 bits per heavy atom. The Bertz CT molecular complexity index is 273. The van der Waals surface area contributed by atoms with Gasteiger partial charge >= 0.3 is 0 Å². The van der Waals surface area contributed by atoms with Gasteiger partial charge in [0.15, 0.2) is 0 Å². The molecule has 0 aliphatic heterocycles. The molecule has 0 atom stereocenters. The third-order valence-corrected chi connectivity index (χ3v) is 1.70. The average Bonchev–Trinajstić information content (AvgIpc) is 1.94. The number of hydroxylamine groups is 2. The van der Waals surface area contributed by atoms with Crippen LogP contribution < -0.4 is 0 Å². The van der Waals surface area contributed by atoms with E-state index in [0.29, 0.717) is 6.54 Å². The predicted octanol–water partition coefficient (Wildman–Crippen LogP) is 1.96. The van der Waals surface area contributed by atoms with E-state index in [9.17, 15) is 4.39 Å². The molecule has 0 saturated carbocycles. The van der Waals surface area contributed by atoms with Gasteiger partial charge in [-0.1, -0.05) is 6.07 Å². The van der Waals surface area contributed by atoms with E-state index in [0.717, 1.165) is 16.2 Å². The highest BCUT2D eigenvalue weighted by atomic mass is 19.1. The maximum absolute atomic E-state index is 12.6. The van der Waals surface area contributed by atoms with Crippen LogP contribution in [-0.2, 0) is 6.54 Å². The molecule has 0 bridgehead atoms. The summed E-state index contributed by atoms with van der Waals surface area (Å²) in [4.78, 5) is 0. The maximum atomic E-state index is 12.6. The van der Waals surface area contributed by atoms with E-state index in [2.05, 4.69) is 0 Å². The second-order valence-corrected chi connectivity index (χ2v) is 2.89. The number of hydrogen-bond acceptors (Lipinski definition) is 2. The van der Waals surface area contributed by atoms with Gasteiger partial charge in [-0.3, -0.25) is 0 Å². The first kappa shape index (κ1) is 9.16. The topological polar surface area (TPSA) is 23.5 Å². The molecule has 1 aromatic rings. The lowest BCUT2D eigenvalue weighted by molar-refractivity contribution is -0.0733. The molecule has 12 heavy (non-hydrogen) atoms. The van der Waals surface area contributed by atoms with Crippen LogP contribution in [0.15, 0.2) is 18.2 Å². The quantitative estimate of drug-likeness (QED) is 0.684. The van der Waals surface area contributed by atoms with Gasteiger partial charge in [0.05, 0.1) is 0 Å². The van der Waals surface area contributed by atoms with Crippen LogP contribution in [0.4, 0.5) is 4.39 Å². The van der Waals surface area contributed by atoms with Crippen LogP contribution in [0, 0.1) is 12.7 Å². The number of aryl methyl sites for hydroxylation is 1. The molecule has 0 aliphatic rings. The summed E-state index contributed by atoms with van der Waals surface area (Å²) >= 11 is 0. The van der Waals surface area contributed by atoms with E-state index in [1.165, 1.54) is 12.1 Å². The van der Waals surface area contributed by atoms with Gasteiger partial charge in [-0.25, -0.2) is 4.39 Å². The van der Waals surface area contributed by atoms with E-state index >= 15 is 0 Å². The number of hydrogen-bond donors (Lipinski definition) is 1. The van der Waals surface area contributed by atoms with Crippen LogP contribution in [0.5, 0.6) is 0 Å². The van der Waals surface area contributed by atoms with Crippen LogP contribution >= 0.6 is 0 Å². The summed E-state index contributed by atoms with van der Waals surface area (Å²) in [6.45, 7) is 2.24. The SMILES string of the molecule is Cc1cc(F)ccc1CN(C)O. The minimum Gasteiger partial charge on any atom is -0.314 e. The van der Waals surface area contributed by atoms with Gasteiger partial charge in [0.1, 0.15) is 5.82 Å². The van der Waals surface area contributed by atoms with Crippen LogP contribution in [0.2, 0.25) is 0 Å². The normalized spacial score (nSPS) is 10.8. The van der Waals surface area contributed by atoms with Gasteiger partial charge in [0, 0.05) is 13.6 Å². The van der Waals surface area contributed by atoms with Crippen molar-refractivity contribution >= 4 is 0 Å². The summed E-state index contributed by atoms with van der Waals surface area (Å²) < 4.78 is 12.6. The van der Waals surface area contributed by atoms with Crippen molar-refractivity contribution in [2.24, 2.45) is 0 Å². The van der Waals surface area contributed by atoms with E-state index in [1.54, 1.807) is 13.1 Å². The lowest BCUT2D eigenvalue weighted by Crippen LogP contribution is -2.12. The number of nitrogens with zero attached hydrogens (tertiary/aromatic N) is 1. The smallest absolute Gasteiger partial charge is 0.123 e. The number of halogens is 1. The Kier molecular flexibility index (Phi) is 2.78. The highest BCUT2D eigenvalue weighted by molar-refractivity contribution is 5.26. The molecule has 1 rings (SSSR count). The third kappa shape index (κ3) is 2.29. The number of benzene rings is 1. The lowest BCUT2D eigenvalue weighted by atomic mass is 10.1. The van der Waals surface area contributed by atoms with Crippen molar-refractivity contribution in [3.8, 4) is 0 Å². The molecule has 0 spiro atoms. The maximum Gasteiger partial charge on any atom is 0.123 e. The summed E-state index contributed by atoms with van der Waals surface area (Å²) in [6.07, 6.45) is 0. The van der Waals surface area contributed by atoms with Gasteiger partial charge in [0.2, 0.25) is 0 Å². The zero-order valence-corrected chi connectivity index (χ0v) is 7.21. The molecule has 2 nitrogen and oxygen atoms in total. The molecule has 0 amide bonds. The molecule has 0 heterocycles. The van der Waals surface area contributed by atoms with Crippen LogP contribution in [0.3, 0.4) is 0 Å². The fourth-order valence-electron chi connectivity index (χ4n) is 1.08. The Morgan fingerprint density at radius 1 is 1.50 bits per heavy atom. The van der Waals surface area contributed by atoms with E-state index in [4.69, 9.17) is 5.21 Å². The first-order valence-electron chi connectivity index (χ1n) is 3.74. The second-order valence-electron chi connectivity index (χ2n) is 2.89. The Labute approximate surface area is 71.2 Å². The van der Waals surface area contributed by atoms with E-state index in [1.807, 2.05) is 6.92 Å².